The van der Waals surface area contributed by atoms with E-state index in [2.05, 4.69) is 13.0 Å². The van der Waals surface area contributed by atoms with E-state index in [4.69, 9.17) is 0 Å². The lowest BCUT2D eigenvalue weighted by Crippen LogP contribution is -2.01. The van der Waals surface area contributed by atoms with Crippen molar-refractivity contribution in [3.63, 3.8) is 0 Å². The van der Waals surface area contributed by atoms with Gasteiger partial charge in [-0.25, -0.2) is 0 Å². The first-order chi connectivity index (χ1) is 5.34. The molecule has 0 saturated heterocycles. The number of unbranched alkanes of at least 4 members (excludes halogenated alkanes) is 1. The number of rotatable bonds is 3. The molecule has 1 heteroatoms. The fourth-order valence-corrected chi connectivity index (χ4v) is 1.17. The summed E-state index contributed by atoms with van der Waals surface area (Å²) in [4.78, 5) is 11.0. The van der Waals surface area contributed by atoms with Crippen molar-refractivity contribution in [2.75, 3.05) is 0 Å². The minimum absolute atomic E-state index is 0.154. The van der Waals surface area contributed by atoms with Crippen LogP contribution < -0.4 is 0 Å². The molecule has 0 saturated carbocycles. The van der Waals surface area contributed by atoms with Gasteiger partial charge in [0.05, 0.1) is 0 Å². The molecule has 0 radical (unpaired) electrons. The molecule has 0 aromatic heterocycles. The molecule has 1 nitrogen and oxygen atoms in total. The molecule has 60 valence electrons. The smallest absolute Gasteiger partial charge is 0.162 e. The summed E-state index contributed by atoms with van der Waals surface area (Å²) in [5.41, 5.74) is 0. The summed E-state index contributed by atoms with van der Waals surface area (Å²) in [5.74, 6) is 0.416. The summed E-state index contributed by atoms with van der Waals surface area (Å²) >= 11 is 0. The highest BCUT2D eigenvalue weighted by molar-refractivity contribution is 5.95. The molecule has 0 N–H and O–H groups in total. The van der Waals surface area contributed by atoms with Crippen molar-refractivity contribution < 1.29 is 4.79 Å². The van der Waals surface area contributed by atoms with Crippen molar-refractivity contribution in [1.82, 2.24) is 0 Å². The van der Waals surface area contributed by atoms with Gasteiger partial charge < -0.3 is 0 Å². The van der Waals surface area contributed by atoms with Crippen LogP contribution in [-0.2, 0) is 4.79 Å². The van der Waals surface area contributed by atoms with Crippen molar-refractivity contribution in [3.8, 4) is 0 Å². The zero-order valence-electron chi connectivity index (χ0n) is 6.92. The summed E-state index contributed by atoms with van der Waals surface area (Å²) in [6.07, 6.45) is 10.9. The largest absolute Gasteiger partial charge is 0.294 e. The Hall–Kier alpha value is -0.850. The Bertz CT molecular complexity index is 189. The van der Waals surface area contributed by atoms with Crippen LogP contribution in [-0.4, -0.2) is 5.78 Å². The second kappa shape index (κ2) is 4.12. The molecule has 1 rings (SSSR count). The summed E-state index contributed by atoms with van der Waals surface area (Å²) in [6.45, 7) is 2.14. The van der Waals surface area contributed by atoms with E-state index in [-0.39, 0.29) is 11.7 Å². The van der Waals surface area contributed by atoms with Crippen molar-refractivity contribution in [2.45, 2.75) is 26.2 Å². The van der Waals surface area contributed by atoms with Gasteiger partial charge in [0.2, 0.25) is 0 Å². The molecule has 0 spiro atoms. The number of carbonyl (C=O) groups is 1. The minimum Gasteiger partial charge on any atom is -0.294 e. The van der Waals surface area contributed by atoms with E-state index in [0.29, 0.717) is 0 Å². The van der Waals surface area contributed by atoms with Gasteiger partial charge in [0.1, 0.15) is 0 Å². The van der Waals surface area contributed by atoms with E-state index in [1.54, 1.807) is 6.08 Å². The summed E-state index contributed by atoms with van der Waals surface area (Å²) < 4.78 is 0. The lowest BCUT2D eigenvalue weighted by atomic mass is 10.1. The Morgan fingerprint density at radius 1 is 1.73 bits per heavy atom. The van der Waals surface area contributed by atoms with Gasteiger partial charge >= 0.3 is 0 Å². The standard InChI is InChI=1S/C10H14O/c1-2-3-4-6-9-7-5-8-10(9)11/h4-6,8-9H,2-3,7H2,1H3/b6-4-. The molecule has 1 unspecified atom stereocenters. The van der Waals surface area contributed by atoms with E-state index in [0.717, 1.165) is 19.3 Å². The van der Waals surface area contributed by atoms with E-state index >= 15 is 0 Å². The van der Waals surface area contributed by atoms with Crippen LogP contribution in [0.25, 0.3) is 0 Å². The van der Waals surface area contributed by atoms with Crippen molar-refractivity contribution in [3.05, 3.63) is 24.3 Å². The Labute approximate surface area is 67.8 Å². The van der Waals surface area contributed by atoms with Crippen LogP contribution in [0.5, 0.6) is 0 Å². The third-order valence-corrected chi connectivity index (χ3v) is 1.86. The normalized spacial score (nSPS) is 23.7. The van der Waals surface area contributed by atoms with Gasteiger partial charge in [-0.1, -0.05) is 31.6 Å². The highest BCUT2D eigenvalue weighted by Crippen LogP contribution is 2.15. The van der Waals surface area contributed by atoms with E-state index < -0.39 is 0 Å². The summed E-state index contributed by atoms with van der Waals surface area (Å²) in [6, 6.07) is 0. The molecule has 0 bridgehead atoms. The molecule has 0 fully saturated rings. The van der Waals surface area contributed by atoms with Crippen LogP contribution in [0, 0.1) is 5.92 Å². The Balaban J connectivity index is 2.33. The predicted octanol–water partition coefficient (Wildman–Crippen LogP) is 2.49. The zero-order valence-corrected chi connectivity index (χ0v) is 6.92. The zero-order chi connectivity index (χ0) is 8.10. The first kappa shape index (κ1) is 8.25. The maximum absolute atomic E-state index is 11.0. The van der Waals surface area contributed by atoms with Crippen LogP contribution in [0.2, 0.25) is 0 Å². The van der Waals surface area contributed by atoms with Gasteiger partial charge in [0.25, 0.3) is 0 Å². The molecule has 1 aliphatic rings. The van der Waals surface area contributed by atoms with Gasteiger partial charge in [-0.2, -0.15) is 0 Å². The van der Waals surface area contributed by atoms with Gasteiger partial charge in [-0.3, -0.25) is 4.79 Å². The minimum atomic E-state index is 0.154. The lowest BCUT2D eigenvalue weighted by Gasteiger charge is -1.97. The summed E-state index contributed by atoms with van der Waals surface area (Å²) in [7, 11) is 0. The molecular weight excluding hydrogens is 136 g/mol. The quantitative estimate of drug-likeness (QED) is 0.565. The first-order valence-electron chi connectivity index (χ1n) is 4.21. The van der Waals surface area contributed by atoms with Gasteiger partial charge in [0.15, 0.2) is 5.78 Å². The summed E-state index contributed by atoms with van der Waals surface area (Å²) in [5, 5.41) is 0. The SMILES string of the molecule is CCC/C=C\C1CC=CC1=O. The molecule has 0 aromatic carbocycles. The van der Waals surface area contributed by atoms with Crippen LogP contribution in [0.1, 0.15) is 26.2 Å². The molecular formula is C10H14O. The second-order valence-corrected chi connectivity index (χ2v) is 2.86. The number of allylic oxidation sites excluding steroid dienone is 4. The predicted molar refractivity (Wildman–Crippen MR) is 46.3 cm³/mol. The Morgan fingerprint density at radius 2 is 2.55 bits per heavy atom. The number of hydrogen-bond acceptors (Lipinski definition) is 1. The highest BCUT2D eigenvalue weighted by Gasteiger charge is 2.15. The maximum Gasteiger partial charge on any atom is 0.162 e. The van der Waals surface area contributed by atoms with Crippen LogP contribution in [0.3, 0.4) is 0 Å². The number of ketones is 1. The number of hydrogen-bond donors (Lipinski definition) is 0. The molecule has 0 amide bonds. The monoisotopic (exact) mass is 150 g/mol. The average Bonchev–Trinajstić information content (AvgIpc) is 2.37. The fourth-order valence-electron chi connectivity index (χ4n) is 1.17. The van der Waals surface area contributed by atoms with Crippen molar-refractivity contribution in [2.24, 2.45) is 5.92 Å². The first-order valence-corrected chi connectivity index (χ1v) is 4.21. The lowest BCUT2D eigenvalue weighted by molar-refractivity contribution is -0.116. The van der Waals surface area contributed by atoms with Crippen molar-refractivity contribution >= 4 is 5.78 Å². The average molecular weight is 150 g/mol. The molecule has 1 atom stereocenters. The van der Waals surface area contributed by atoms with E-state index in [1.165, 1.54) is 0 Å². The molecule has 11 heavy (non-hydrogen) atoms. The molecule has 0 heterocycles. The van der Waals surface area contributed by atoms with Crippen LogP contribution >= 0.6 is 0 Å². The fraction of sp³-hybridized carbons (Fsp3) is 0.500. The third kappa shape index (κ3) is 2.34. The van der Waals surface area contributed by atoms with Crippen molar-refractivity contribution in [1.29, 1.82) is 0 Å². The van der Waals surface area contributed by atoms with Crippen LogP contribution in [0.15, 0.2) is 24.3 Å². The Kier molecular flexibility index (Phi) is 3.09. The van der Waals surface area contributed by atoms with Gasteiger partial charge in [0, 0.05) is 5.92 Å². The maximum atomic E-state index is 11.0. The second-order valence-electron chi connectivity index (χ2n) is 2.86. The topological polar surface area (TPSA) is 17.1 Å². The molecule has 0 aromatic rings. The highest BCUT2D eigenvalue weighted by atomic mass is 16.1. The molecule has 0 aliphatic heterocycles. The van der Waals surface area contributed by atoms with Gasteiger partial charge in [-0.05, 0) is 18.9 Å². The Morgan fingerprint density at radius 3 is 3.09 bits per heavy atom. The van der Waals surface area contributed by atoms with E-state index in [9.17, 15) is 4.79 Å². The van der Waals surface area contributed by atoms with Gasteiger partial charge in [-0.15, -0.1) is 0 Å². The van der Waals surface area contributed by atoms with Crippen LogP contribution in [0.4, 0.5) is 0 Å². The third-order valence-electron chi connectivity index (χ3n) is 1.86. The number of carbonyl (C=O) groups excluding carboxylic acids is 1. The molecule has 1 aliphatic carbocycles. The van der Waals surface area contributed by atoms with E-state index in [1.807, 2.05) is 12.2 Å².